The number of ketones is 1. The fourth-order valence-corrected chi connectivity index (χ4v) is 0.923. The van der Waals surface area contributed by atoms with Gasteiger partial charge in [-0.25, -0.2) is 0 Å². The van der Waals surface area contributed by atoms with Gasteiger partial charge < -0.3 is 5.11 Å². The van der Waals surface area contributed by atoms with Gasteiger partial charge in [0, 0.05) is 5.92 Å². The predicted octanol–water partition coefficient (Wildman–Crippen LogP) is -2.38. The Morgan fingerprint density at radius 2 is 2.18 bits per heavy atom. The molecule has 0 amide bonds. The molecule has 1 saturated carbocycles. The molecule has 0 atom stereocenters. The van der Waals surface area contributed by atoms with Crippen LogP contribution in [0.25, 0.3) is 0 Å². The van der Waals surface area contributed by atoms with E-state index in [1.54, 1.807) is 0 Å². The molecule has 1 aliphatic rings. The Kier molecular flexibility index (Phi) is 5.06. The van der Waals surface area contributed by atoms with Gasteiger partial charge in [0.25, 0.3) is 0 Å². The Bertz CT molecular complexity index is 171. The third kappa shape index (κ3) is 2.97. The van der Waals surface area contributed by atoms with Crippen LogP contribution in [-0.2, 0) is 4.79 Å². The number of rotatable bonds is 3. The molecule has 1 aliphatic carbocycles. The van der Waals surface area contributed by atoms with Gasteiger partial charge in [0.15, 0.2) is 5.78 Å². The molecule has 0 bridgehead atoms. The van der Waals surface area contributed by atoms with Crippen molar-refractivity contribution in [1.82, 2.24) is 0 Å². The normalized spacial score (nSPS) is 17.4. The SMILES string of the molecule is CC/C(=C\[O-])C(=O)C1CC1.[Na+]. The van der Waals surface area contributed by atoms with Crippen molar-refractivity contribution in [3.05, 3.63) is 11.8 Å². The van der Waals surface area contributed by atoms with Crippen molar-refractivity contribution < 1.29 is 39.5 Å². The summed E-state index contributed by atoms with van der Waals surface area (Å²) < 4.78 is 0. The first-order chi connectivity index (χ1) is 4.79. The van der Waals surface area contributed by atoms with Crippen molar-refractivity contribution in [2.45, 2.75) is 26.2 Å². The van der Waals surface area contributed by atoms with Gasteiger partial charge in [-0.3, -0.25) is 4.79 Å². The molecule has 0 radical (unpaired) electrons. The quantitative estimate of drug-likeness (QED) is 0.264. The van der Waals surface area contributed by atoms with Gasteiger partial charge in [-0.1, -0.05) is 6.92 Å². The maximum absolute atomic E-state index is 11.1. The number of carbonyl (C=O) groups is 1. The summed E-state index contributed by atoms with van der Waals surface area (Å²) in [7, 11) is 0. The van der Waals surface area contributed by atoms with E-state index < -0.39 is 0 Å². The minimum atomic E-state index is 0. The molecule has 56 valence electrons. The van der Waals surface area contributed by atoms with Gasteiger partial charge in [0.05, 0.1) is 0 Å². The standard InChI is InChI=1S/C8H12O2.Na/c1-2-6(5-9)8(10)7-3-4-7;/h5,7,9H,2-4H2,1H3;/q;+1/p-1/b6-5+;. The molecule has 1 fully saturated rings. The fourth-order valence-electron chi connectivity index (χ4n) is 0.923. The van der Waals surface area contributed by atoms with Crippen molar-refractivity contribution in [3.63, 3.8) is 0 Å². The van der Waals surface area contributed by atoms with E-state index in [2.05, 4.69) is 0 Å². The average Bonchev–Trinajstić information content (AvgIpc) is 2.71. The molecule has 0 spiro atoms. The summed E-state index contributed by atoms with van der Waals surface area (Å²) in [5, 5.41) is 10.3. The third-order valence-corrected chi connectivity index (χ3v) is 1.79. The van der Waals surface area contributed by atoms with Gasteiger partial charge in [-0.2, -0.15) is 0 Å². The van der Waals surface area contributed by atoms with Crippen molar-refractivity contribution in [3.8, 4) is 0 Å². The zero-order valence-electron chi connectivity index (χ0n) is 7.09. The van der Waals surface area contributed by atoms with Crippen LogP contribution in [0.15, 0.2) is 11.8 Å². The maximum Gasteiger partial charge on any atom is 1.00 e. The molecular weight excluding hydrogens is 151 g/mol. The monoisotopic (exact) mass is 162 g/mol. The fraction of sp³-hybridized carbons (Fsp3) is 0.625. The topological polar surface area (TPSA) is 40.1 Å². The van der Waals surface area contributed by atoms with Crippen LogP contribution in [-0.4, -0.2) is 5.78 Å². The molecule has 1 rings (SSSR count). The second kappa shape index (κ2) is 4.96. The van der Waals surface area contributed by atoms with E-state index in [9.17, 15) is 9.90 Å². The number of allylic oxidation sites excluding steroid dienone is 1. The van der Waals surface area contributed by atoms with Crippen molar-refractivity contribution in [1.29, 1.82) is 0 Å². The third-order valence-electron chi connectivity index (χ3n) is 1.79. The van der Waals surface area contributed by atoms with E-state index in [-0.39, 0.29) is 41.3 Å². The Morgan fingerprint density at radius 3 is 2.45 bits per heavy atom. The predicted molar refractivity (Wildman–Crippen MR) is 36.1 cm³/mol. The van der Waals surface area contributed by atoms with E-state index in [1.165, 1.54) is 0 Å². The zero-order valence-corrected chi connectivity index (χ0v) is 9.09. The smallest absolute Gasteiger partial charge is 0.878 e. The Morgan fingerprint density at radius 1 is 1.64 bits per heavy atom. The molecule has 3 heteroatoms. The summed E-state index contributed by atoms with van der Waals surface area (Å²) in [5.41, 5.74) is 0.461. The second-order valence-electron chi connectivity index (χ2n) is 2.64. The van der Waals surface area contributed by atoms with Crippen LogP contribution < -0.4 is 34.7 Å². The Hall–Kier alpha value is 0.210. The molecule has 0 saturated heterocycles. The molecule has 0 heterocycles. The molecule has 0 aromatic rings. The summed E-state index contributed by atoms with van der Waals surface area (Å²) in [4.78, 5) is 11.1. The van der Waals surface area contributed by atoms with Crippen LogP contribution in [0, 0.1) is 5.92 Å². The van der Waals surface area contributed by atoms with Gasteiger partial charge in [-0.05, 0) is 24.8 Å². The summed E-state index contributed by atoms with van der Waals surface area (Å²) in [5.74, 6) is 0.276. The van der Waals surface area contributed by atoms with E-state index >= 15 is 0 Å². The molecule has 2 nitrogen and oxygen atoms in total. The minimum absolute atomic E-state index is 0. The summed E-state index contributed by atoms with van der Waals surface area (Å²) in [6.45, 7) is 1.84. The average molecular weight is 162 g/mol. The van der Waals surface area contributed by atoms with Crippen LogP contribution >= 0.6 is 0 Å². The first kappa shape index (κ1) is 11.2. The van der Waals surface area contributed by atoms with E-state index in [1.807, 2.05) is 6.92 Å². The molecule has 11 heavy (non-hydrogen) atoms. The molecule has 0 unspecified atom stereocenters. The zero-order chi connectivity index (χ0) is 7.56. The summed E-state index contributed by atoms with van der Waals surface area (Å²) >= 11 is 0. The first-order valence-corrected chi connectivity index (χ1v) is 3.64. The van der Waals surface area contributed by atoms with Crippen LogP contribution in [0.3, 0.4) is 0 Å². The second-order valence-corrected chi connectivity index (χ2v) is 2.64. The number of hydrogen-bond donors (Lipinski definition) is 0. The number of Topliss-reactive ketones (excluding diaryl/α,β-unsaturated/α-hetero) is 1. The number of hydrogen-bond acceptors (Lipinski definition) is 2. The summed E-state index contributed by atoms with van der Waals surface area (Å²) in [6, 6.07) is 0. The molecule has 0 aliphatic heterocycles. The van der Waals surface area contributed by atoms with E-state index in [0.29, 0.717) is 18.3 Å². The molecule has 0 aromatic heterocycles. The van der Waals surface area contributed by atoms with Crippen LogP contribution in [0.5, 0.6) is 0 Å². The summed E-state index contributed by atoms with van der Waals surface area (Å²) in [6.07, 6.45) is 3.24. The molecule has 0 aromatic carbocycles. The Balaban J connectivity index is 0.000001000. The van der Waals surface area contributed by atoms with Gasteiger partial charge in [0.2, 0.25) is 0 Å². The van der Waals surface area contributed by atoms with Crippen LogP contribution in [0.1, 0.15) is 26.2 Å². The van der Waals surface area contributed by atoms with Crippen molar-refractivity contribution in [2.24, 2.45) is 5.92 Å². The molecular formula is C8H11NaO2. The van der Waals surface area contributed by atoms with Crippen molar-refractivity contribution in [2.75, 3.05) is 0 Å². The van der Waals surface area contributed by atoms with Crippen molar-refractivity contribution >= 4 is 5.78 Å². The van der Waals surface area contributed by atoms with Gasteiger partial charge in [0.1, 0.15) is 0 Å². The van der Waals surface area contributed by atoms with Gasteiger partial charge in [-0.15, -0.1) is 6.26 Å². The number of carbonyl (C=O) groups excluding carboxylic acids is 1. The Labute approximate surface area is 89.0 Å². The van der Waals surface area contributed by atoms with Gasteiger partial charge >= 0.3 is 29.6 Å². The van der Waals surface area contributed by atoms with E-state index in [0.717, 1.165) is 12.8 Å². The minimum Gasteiger partial charge on any atom is -0.878 e. The van der Waals surface area contributed by atoms with E-state index in [4.69, 9.17) is 0 Å². The molecule has 0 N–H and O–H groups in total. The maximum atomic E-state index is 11.1. The van der Waals surface area contributed by atoms with Crippen LogP contribution in [0.4, 0.5) is 0 Å². The van der Waals surface area contributed by atoms with Crippen LogP contribution in [0.2, 0.25) is 0 Å². The largest absolute Gasteiger partial charge is 1.00 e. The first-order valence-electron chi connectivity index (χ1n) is 3.64.